The van der Waals surface area contributed by atoms with Gasteiger partial charge in [0.15, 0.2) is 0 Å². The smallest absolute Gasteiger partial charge is 0.494 e. The average Bonchev–Trinajstić information content (AvgIpc) is 2.79. The number of unbranched alkanes of at least 4 members (excludes halogenated alkanes) is 2. The van der Waals surface area contributed by atoms with E-state index >= 15 is 0 Å². The van der Waals surface area contributed by atoms with E-state index < -0.39 is 26.7 Å². The molecule has 0 radical (unpaired) electrons. The molecule has 35 heavy (non-hydrogen) atoms. The largest absolute Gasteiger partial charge is 0.705 e. The van der Waals surface area contributed by atoms with Crippen LogP contribution in [0.4, 0.5) is 0 Å². The second kappa shape index (κ2) is 14.9. The monoisotopic (exact) mass is 508 g/mol. The number of ether oxygens (including phenoxy) is 2. The standard InChI is InChI=1S/C26H40O8Si/c1-5-6-7-17-30-25-13-9-23(10-14-25)24-11-15-26(16-12-24)31-18-8-19-35(32-20(2)27,33-21(3)28)34-22(4)29/h9-10,13-14,24,26H,5-8,11-12,15-19H2,1-4H3/t24-,26-. The zero-order valence-corrected chi connectivity index (χ0v) is 22.5. The van der Waals surface area contributed by atoms with Crippen LogP contribution in [0.25, 0.3) is 0 Å². The molecule has 0 spiro atoms. The van der Waals surface area contributed by atoms with Gasteiger partial charge in [-0.1, -0.05) is 31.9 Å². The highest BCUT2D eigenvalue weighted by atomic mass is 28.4. The summed E-state index contributed by atoms with van der Waals surface area (Å²) in [4.78, 5) is 34.6. The lowest BCUT2D eigenvalue weighted by Crippen LogP contribution is -2.49. The van der Waals surface area contributed by atoms with Crippen LogP contribution in [0.2, 0.25) is 6.04 Å². The molecule has 0 aliphatic heterocycles. The number of rotatable bonds is 14. The van der Waals surface area contributed by atoms with Crippen LogP contribution >= 0.6 is 0 Å². The Kier molecular flexibility index (Phi) is 12.3. The summed E-state index contributed by atoms with van der Waals surface area (Å²) in [6.45, 7) is 6.93. The van der Waals surface area contributed by atoms with Gasteiger partial charge in [-0.2, -0.15) is 0 Å². The fourth-order valence-corrected chi connectivity index (χ4v) is 6.67. The van der Waals surface area contributed by atoms with Crippen molar-refractivity contribution in [3.63, 3.8) is 0 Å². The Morgan fingerprint density at radius 3 is 1.89 bits per heavy atom. The fraction of sp³-hybridized carbons (Fsp3) is 0.654. The molecule has 1 fully saturated rings. The van der Waals surface area contributed by atoms with Crippen molar-refractivity contribution in [2.24, 2.45) is 0 Å². The minimum absolute atomic E-state index is 0.133. The predicted octanol–water partition coefficient (Wildman–Crippen LogP) is 5.32. The Hall–Kier alpha value is -2.39. The van der Waals surface area contributed by atoms with Crippen molar-refractivity contribution >= 4 is 26.7 Å². The highest BCUT2D eigenvalue weighted by Gasteiger charge is 2.51. The van der Waals surface area contributed by atoms with E-state index in [9.17, 15) is 14.4 Å². The molecule has 8 nitrogen and oxygen atoms in total. The second-order valence-corrected chi connectivity index (χ2v) is 11.5. The van der Waals surface area contributed by atoms with Crippen LogP contribution in [0.1, 0.15) is 90.5 Å². The van der Waals surface area contributed by atoms with Gasteiger partial charge in [0.2, 0.25) is 0 Å². The van der Waals surface area contributed by atoms with E-state index in [1.165, 1.54) is 39.2 Å². The molecule has 0 saturated heterocycles. The van der Waals surface area contributed by atoms with Crippen LogP contribution in [0.3, 0.4) is 0 Å². The molecule has 1 saturated carbocycles. The normalized spacial score (nSPS) is 17.9. The van der Waals surface area contributed by atoms with Crippen LogP contribution < -0.4 is 4.74 Å². The van der Waals surface area contributed by atoms with E-state index in [1.54, 1.807) is 0 Å². The molecule has 196 valence electrons. The van der Waals surface area contributed by atoms with Gasteiger partial charge in [-0.15, -0.1) is 0 Å². The lowest BCUT2D eigenvalue weighted by molar-refractivity contribution is -0.147. The minimum atomic E-state index is -3.78. The predicted molar refractivity (Wildman–Crippen MR) is 133 cm³/mol. The first-order chi connectivity index (χ1) is 16.7. The zero-order chi connectivity index (χ0) is 25.7. The number of hydrogen-bond acceptors (Lipinski definition) is 8. The third kappa shape index (κ3) is 10.8. The molecule has 1 aliphatic carbocycles. The molecule has 0 bridgehead atoms. The molecule has 0 unspecified atom stereocenters. The van der Waals surface area contributed by atoms with Gasteiger partial charge in [-0.05, 0) is 62.1 Å². The van der Waals surface area contributed by atoms with Gasteiger partial charge in [0, 0.05) is 27.4 Å². The summed E-state index contributed by atoms with van der Waals surface area (Å²) in [6, 6.07) is 8.60. The average molecular weight is 509 g/mol. The third-order valence-corrected chi connectivity index (χ3v) is 8.68. The lowest BCUT2D eigenvalue weighted by atomic mass is 9.83. The molecule has 1 aromatic carbocycles. The van der Waals surface area contributed by atoms with Crippen molar-refractivity contribution < 1.29 is 37.1 Å². The topological polar surface area (TPSA) is 97.4 Å². The molecule has 1 aliphatic rings. The van der Waals surface area contributed by atoms with Crippen molar-refractivity contribution in [2.45, 2.75) is 97.1 Å². The molecular formula is C26H40O8Si. The van der Waals surface area contributed by atoms with E-state index in [0.29, 0.717) is 18.9 Å². The van der Waals surface area contributed by atoms with Crippen LogP contribution in [-0.4, -0.2) is 46.0 Å². The fourth-order valence-electron chi connectivity index (χ4n) is 4.35. The molecule has 2 rings (SSSR count). The summed E-state index contributed by atoms with van der Waals surface area (Å²) in [6.07, 6.45) is 8.08. The zero-order valence-electron chi connectivity index (χ0n) is 21.5. The van der Waals surface area contributed by atoms with Crippen LogP contribution in [0.15, 0.2) is 24.3 Å². The van der Waals surface area contributed by atoms with E-state index in [0.717, 1.165) is 44.5 Å². The van der Waals surface area contributed by atoms with Crippen molar-refractivity contribution in [1.29, 1.82) is 0 Å². The summed E-state index contributed by atoms with van der Waals surface area (Å²) in [7, 11) is -3.78. The second-order valence-electron chi connectivity index (χ2n) is 9.04. The van der Waals surface area contributed by atoms with Gasteiger partial charge in [0.1, 0.15) is 5.75 Å². The maximum Gasteiger partial charge on any atom is 0.705 e. The molecule has 0 aromatic heterocycles. The van der Waals surface area contributed by atoms with E-state index in [1.807, 2.05) is 0 Å². The highest BCUT2D eigenvalue weighted by Crippen LogP contribution is 2.35. The van der Waals surface area contributed by atoms with E-state index in [-0.39, 0.29) is 12.1 Å². The van der Waals surface area contributed by atoms with Crippen molar-refractivity contribution in [3.05, 3.63) is 29.8 Å². The summed E-state index contributed by atoms with van der Waals surface area (Å²) in [5.41, 5.74) is 1.34. The van der Waals surface area contributed by atoms with Gasteiger partial charge in [-0.3, -0.25) is 14.4 Å². The number of carbonyl (C=O) groups excluding carboxylic acids is 3. The van der Waals surface area contributed by atoms with Crippen molar-refractivity contribution in [1.82, 2.24) is 0 Å². The van der Waals surface area contributed by atoms with Gasteiger partial charge >= 0.3 is 8.80 Å². The maximum absolute atomic E-state index is 11.5. The molecule has 0 heterocycles. The first kappa shape index (κ1) is 28.8. The Bertz CT molecular complexity index is 761. The molecule has 1 aromatic rings. The Balaban J connectivity index is 1.76. The van der Waals surface area contributed by atoms with Crippen LogP contribution in [0.5, 0.6) is 5.75 Å². The SMILES string of the molecule is CCCCCOc1ccc([C@H]2CC[C@H](OCCC[Si](OC(C)=O)(OC(C)=O)OC(C)=O)CC2)cc1. The van der Waals surface area contributed by atoms with E-state index in [2.05, 4.69) is 31.2 Å². The van der Waals surface area contributed by atoms with Crippen LogP contribution in [0, 0.1) is 0 Å². The summed E-state index contributed by atoms with van der Waals surface area (Å²) in [5, 5.41) is 0. The lowest BCUT2D eigenvalue weighted by Gasteiger charge is -2.29. The summed E-state index contributed by atoms with van der Waals surface area (Å²) in [5.74, 6) is -0.530. The van der Waals surface area contributed by atoms with Gasteiger partial charge in [0.25, 0.3) is 17.9 Å². The Morgan fingerprint density at radius 2 is 1.37 bits per heavy atom. The number of hydrogen-bond donors (Lipinski definition) is 0. The summed E-state index contributed by atoms with van der Waals surface area (Å²) >= 11 is 0. The highest BCUT2D eigenvalue weighted by molar-refractivity contribution is 6.65. The first-order valence-electron chi connectivity index (χ1n) is 12.7. The quantitative estimate of drug-likeness (QED) is 0.246. The molecule has 0 amide bonds. The van der Waals surface area contributed by atoms with Crippen molar-refractivity contribution in [3.8, 4) is 5.75 Å². The molecule has 0 atom stereocenters. The molecule has 9 heteroatoms. The van der Waals surface area contributed by atoms with Gasteiger partial charge < -0.3 is 22.8 Å². The number of benzene rings is 1. The first-order valence-corrected chi connectivity index (χ1v) is 14.6. The van der Waals surface area contributed by atoms with Gasteiger partial charge in [-0.25, -0.2) is 0 Å². The van der Waals surface area contributed by atoms with Gasteiger partial charge in [0.05, 0.1) is 18.8 Å². The Morgan fingerprint density at radius 1 is 0.800 bits per heavy atom. The molecular weight excluding hydrogens is 468 g/mol. The van der Waals surface area contributed by atoms with Crippen LogP contribution in [-0.2, 0) is 32.4 Å². The Labute approximate surface area is 210 Å². The minimum Gasteiger partial charge on any atom is -0.494 e. The maximum atomic E-state index is 11.5. The van der Waals surface area contributed by atoms with E-state index in [4.69, 9.17) is 22.8 Å². The summed E-state index contributed by atoms with van der Waals surface area (Å²) < 4.78 is 27.5. The third-order valence-electron chi connectivity index (χ3n) is 5.92. The van der Waals surface area contributed by atoms with Crippen molar-refractivity contribution in [2.75, 3.05) is 13.2 Å². The number of carbonyl (C=O) groups is 3. The molecule has 0 N–H and O–H groups in total.